The lowest BCUT2D eigenvalue weighted by Crippen LogP contribution is -2.12. The second-order valence-corrected chi connectivity index (χ2v) is 4.92. The van der Waals surface area contributed by atoms with Crippen LogP contribution in [0.2, 0.25) is 0 Å². The largest absolute Gasteiger partial charge is 0.338 e. The van der Waals surface area contributed by atoms with E-state index in [1.807, 2.05) is 25.1 Å². The van der Waals surface area contributed by atoms with E-state index in [1.54, 1.807) is 0 Å². The van der Waals surface area contributed by atoms with Crippen molar-refractivity contribution in [2.24, 2.45) is 5.73 Å². The molecule has 1 atom stereocenters. The molecule has 2 aromatic rings. The Kier molecular flexibility index (Phi) is 2.67. The molecule has 1 unspecified atom stereocenters. The molecule has 1 saturated carbocycles. The number of nitrogens with zero attached hydrogens (tertiary/aromatic N) is 2. The lowest BCUT2D eigenvalue weighted by Gasteiger charge is -2.09. The van der Waals surface area contributed by atoms with E-state index < -0.39 is 0 Å². The summed E-state index contributed by atoms with van der Waals surface area (Å²) in [5, 5.41) is 4.01. The molecule has 1 heterocycles. The molecule has 0 bridgehead atoms. The first kappa shape index (κ1) is 11.4. The minimum atomic E-state index is -0.130. The highest BCUT2D eigenvalue weighted by Gasteiger charge is 2.50. The zero-order valence-electron chi connectivity index (χ0n) is 10.5. The first-order valence-corrected chi connectivity index (χ1v) is 6.41. The summed E-state index contributed by atoms with van der Waals surface area (Å²) in [6.45, 7) is 2.02. The third kappa shape index (κ3) is 1.73. The highest BCUT2D eigenvalue weighted by molar-refractivity contribution is 5.38. The molecule has 0 saturated heterocycles. The van der Waals surface area contributed by atoms with Crippen LogP contribution in [0.3, 0.4) is 0 Å². The van der Waals surface area contributed by atoms with Gasteiger partial charge in [-0.3, -0.25) is 0 Å². The molecule has 1 aromatic heterocycles. The van der Waals surface area contributed by atoms with Crippen molar-refractivity contribution in [3.05, 3.63) is 47.6 Å². The van der Waals surface area contributed by atoms with Gasteiger partial charge in [-0.25, -0.2) is 0 Å². The zero-order valence-corrected chi connectivity index (χ0v) is 10.5. The summed E-state index contributed by atoms with van der Waals surface area (Å²) in [5.41, 5.74) is 7.12. The Labute approximate surface area is 106 Å². The second kappa shape index (κ2) is 4.21. The summed E-state index contributed by atoms with van der Waals surface area (Å²) < 4.78 is 5.43. The maximum absolute atomic E-state index is 5.92. The summed E-state index contributed by atoms with van der Waals surface area (Å²) in [5.74, 6) is 1.34. The molecular formula is C14H17N3O. The Morgan fingerprint density at radius 2 is 2.06 bits per heavy atom. The number of hydrogen-bond donors (Lipinski definition) is 1. The molecule has 4 heteroatoms. The summed E-state index contributed by atoms with van der Waals surface area (Å²) in [4.78, 5) is 4.49. The normalized spacial score (nSPS) is 18.6. The predicted octanol–water partition coefficient (Wildman–Crippen LogP) is 2.56. The van der Waals surface area contributed by atoms with Crippen LogP contribution in [0.5, 0.6) is 0 Å². The SMILES string of the molecule is CCC(N)c1noc(C2(c3ccccc3)CC2)n1. The zero-order chi connectivity index (χ0) is 12.6. The Hall–Kier alpha value is -1.68. The van der Waals surface area contributed by atoms with E-state index in [0.29, 0.717) is 11.7 Å². The van der Waals surface area contributed by atoms with Crippen LogP contribution in [-0.4, -0.2) is 10.1 Å². The summed E-state index contributed by atoms with van der Waals surface area (Å²) >= 11 is 0. The number of aromatic nitrogens is 2. The van der Waals surface area contributed by atoms with Gasteiger partial charge >= 0.3 is 0 Å². The van der Waals surface area contributed by atoms with E-state index in [9.17, 15) is 0 Å². The van der Waals surface area contributed by atoms with Crippen molar-refractivity contribution < 1.29 is 4.52 Å². The molecule has 4 nitrogen and oxygen atoms in total. The highest BCUT2D eigenvalue weighted by atomic mass is 16.5. The molecule has 94 valence electrons. The molecule has 3 rings (SSSR count). The maximum atomic E-state index is 5.92. The molecule has 1 aliphatic rings. The summed E-state index contributed by atoms with van der Waals surface area (Å²) in [6, 6.07) is 10.2. The number of rotatable bonds is 4. The van der Waals surface area contributed by atoms with Crippen LogP contribution in [0.1, 0.15) is 49.5 Å². The fourth-order valence-corrected chi connectivity index (χ4v) is 2.27. The van der Waals surface area contributed by atoms with Crippen LogP contribution in [0, 0.1) is 0 Å². The van der Waals surface area contributed by atoms with E-state index in [4.69, 9.17) is 10.3 Å². The van der Waals surface area contributed by atoms with Gasteiger partial charge in [0.05, 0.1) is 11.5 Å². The number of benzene rings is 1. The van der Waals surface area contributed by atoms with Crippen molar-refractivity contribution >= 4 is 0 Å². The van der Waals surface area contributed by atoms with Gasteiger partial charge in [-0.05, 0) is 24.8 Å². The molecule has 0 amide bonds. The van der Waals surface area contributed by atoms with Crippen molar-refractivity contribution in [3.8, 4) is 0 Å². The van der Waals surface area contributed by atoms with Crippen molar-refractivity contribution in [2.45, 2.75) is 37.6 Å². The van der Waals surface area contributed by atoms with Crippen LogP contribution in [0.4, 0.5) is 0 Å². The minimum Gasteiger partial charge on any atom is -0.338 e. The second-order valence-electron chi connectivity index (χ2n) is 4.92. The maximum Gasteiger partial charge on any atom is 0.237 e. The predicted molar refractivity (Wildman–Crippen MR) is 68.0 cm³/mol. The molecule has 1 fully saturated rings. The first-order chi connectivity index (χ1) is 8.76. The quantitative estimate of drug-likeness (QED) is 0.896. The standard InChI is InChI=1S/C14H17N3O/c1-2-11(15)12-16-13(18-17-12)14(8-9-14)10-6-4-3-5-7-10/h3-7,11H,2,8-9,15H2,1H3. The van der Waals surface area contributed by atoms with Gasteiger partial charge in [0.15, 0.2) is 5.82 Å². The fourth-order valence-electron chi connectivity index (χ4n) is 2.27. The van der Waals surface area contributed by atoms with Gasteiger partial charge < -0.3 is 10.3 Å². The lowest BCUT2D eigenvalue weighted by atomic mass is 9.96. The fraction of sp³-hybridized carbons (Fsp3) is 0.429. The van der Waals surface area contributed by atoms with Gasteiger partial charge in [0.2, 0.25) is 5.89 Å². The van der Waals surface area contributed by atoms with Crippen molar-refractivity contribution in [2.75, 3.05) is 0 Å². The average molecular weight is 243 g/mol. The number of hydrogen-bond acceptors (Lipinski definition) is 4. The van der Waals surface area contributed by atoms with Crippen molar-refractivity contribution in [1.82, 2.24) is 10.1 Å². The van der Waals surface area contributed by atoms with E-state index in [0.717, 1.165) is 19.3 Å². The lowest BCUT2D eigenvalue weighted by molar-refractivity contribution is 0.352. The van der Waals surface area contributed by atoms with Crippen molar-refractivity contribution in [3.63, 3.8) is 0 Å². The van der Waals surface area contributed by atoms with Gasteiger partial charge in [-0.2, -0.15) is 4.98 Å². The molecular weight excluding hydrogens is 226 g/mol. The van der Waals surface area contributed by atoms with E-state index >= 15 is 0 Å². The van der Waals surface area contributed by atoms with Crippen LogP contribution >= 0.6 is 0 Å². The van der Waals surface area contributed by atoms with Crippen LogP contribution < -0.4 is 5.73 Å². The van der Waals surface area contributed by atoms with Gasteiger partial charge in [0.25, 0.3) is 0 Å². The van der Waals surface area contributed by atoms with E-state index in [-0.39, 0.29) is 11.5 Å². The van der Waals surface area contributed by atoms with Crippen LogP contribution in [-0.2, 0) is 5.41 Å². The Morgan fingerprint density at radius 3 is 2.67 bits per heavy atom. The highest BCUT2D eigenvalue weighted by Crippen LogP contribution is 2.52. The molecule has 1 aliphatic carbocycles. The molecule has 2 N–H and O–H groups in total. The monoisotopic (exact) mass is 243 g/mol. The molecule has 0 aliphatic heterocycles. The summed E-state index contributed by atoms with van der Waals surface area (Å²) in [6.07, 6.45) is 2.96. The molecule has 18 heavy (non-hydrogen) atoms. The first-order valence-electron chi connectivity index (χ1n) is 6.41. The van der Waals surface area contributed by atoms with Gasteiger partial charge in [-0.15, -0.1) is 0 Å². The Bertz CT molecular complexity index is 531. The average Bonchev–Trinajstić information content (AvgIpc) is 3.10. The van der Waals surface area contributed by atoms with Crippen LogP contribution in [0.25, 0.3) is 0 Å². The molecule has 0 radical (unpaired) electrons. The Morgan fingerprint density at radius 1 is 1.33 bits per heavy atom. The Balaban J connectivity index is 1.93. The minimum absolute atomic E-state index is 0.0556. The van der Waals surface area contributed by atoms with Gasteiger partial charge in [-0.1, -0.05) is 42.4 Å². The van der Waals surface area contributed by atoms with E-state index in [1.165, 1.54) is 5.56 Å². The van der Waals surface area contributed by atoms with Crippen molar-refractivity contribution in [1.29, 1.82) is 0 Å². The van der Waals surface area contributed by atoms with Crippen LogP contribution in [0.15, 0.2) is 34.9 Å². The number of nitrogens with two attached hydrogens (primary N) is 1. The topological polar surface area (TPSA) is 64.9 Å². The summed E-state index contributed by atoms with van der Waals surface area (Å²) in [7, 11) is 0. The third-order valence-electron chi connectivity index (χ3n) is 3.70. The third-order valence-corrected chi connectivity index (χ3v) is 3.70. The molecule has 0 spiro atoms. The molecule has 1 aromatic carbocycles. The van der Waals surface area contributed by atoms with Gasteiger partial charge in [0, 0.05) is 0 Å². The van der Waals surface area contributed by atoms with E-state index in [2.05, 4.69) is 22.3 Å². The van der Waals surface area contributed by atoms with Gasteiger partial charge in [0.1, 0.15) is 0 Å². The smallest absolute Gasteiger partial charge is 0.237 e.